The number of hydrogen-bond acceptors (Lipinski definition) is 6. The summed E-state index contributed by atoms with van der Waals surface area (Å²) in [5, 5.41) is 22.1. The van der Waals surface area contributed by atoms with Gasteiger partial charge in [-0.25, -0.2) is 9.69 Å². The average molecular weight is 506 g/mol. The highest BCUT2D eigenvalue weighted by atomic mass is 16.6. The van der Waals surface area contributed by atoms with Crippen LogP contribution in [0.15, 0.2) is 54.6 Å². The molecule has 2 aliphatic heterocycles. The lowest BCUT2D eigenvalue weighted by atomic mass is 9.80. The molecule has 1 N–H and O–H groups in total. The van der Waals surface area contributed by atoms with Gasteiger partial charge < -0.3 is 10.0 Å². The van der Waals surface area contributed by atoms with E-state index in [1.807, 2.05) is 0 Å². The number of anilines is 1. The summed E-state index contributed by atoms with van der Waals surface area (Å²) < 4.78 is 0. The molecule has 2 heterocycles. The van der Waals surface area contributed by atoms with E-state index in [2.05, 4.69) is 0 Å². The van der Waals surface area contributed by atoms with Crippen LogP contribution in [0.3, 0.4) is 0 Å². The maximum atomic E-state index is 14.0. The lowest BCUT2D eigenvalue weighted by Crippen LogP contribution is -2.58. The van der Waals surface area contributed by atoms with Gasteiger partial charge in [0.25, 0.3) is 5.69 Å². The van der Waals surface area contributed by atoms with Crippen LogP contribution in [0.4, 0.5) is 11.4 Å². The number of nitrogens with zero attached hydrogens (tertiary/aromatic N) is 3. The second kappa shape index (κ2) is 9.10. The number of carboxylic acid groups (broad SMARTS) is 1. The molecule has 0 bridgehead atoms. The number of hydrogen-bond donors (Lipinski definition) is 1. The van der Waals surface area contributed by atoms with Gasteiger partial charge in [-0.2, -0.15) is 0 Å². The number of amides is 3. The number of rotatable bonds is 5. The van der Waals surface area contributed by atoms with Crippen molar-refractivity contribution in [1.82, 2.24) is 4.90 Å². The van der Waals surface area contributed by atoms with E-state index >= 15 is 0 Å². The molecular formula is C27H27N3O7. The maximum absolute atomic E-state index is 14.0. The molecule has 3 fully saturated rings. The van der Waals surface area contributed by atoms with Crippen molar-refractivity contribution in [2.45, 2.75) is 50.6 Å². The normalized spacial score (nSPS) is 27.9. The molecule has 10 heteroatoms. The molecular weight excluding hydrogens is 478 g/mol. The average Bonchev–Trinajstić information content (AvgIpc) is 3.34. The molecule has 2 aromatic carbocycles. The Labute approximate surface area is 213 Å². The van der Waals surface area contributed by atoms with Crippen LogP contribution in [0.1, 0.15) is 50.6 Å². The van der Waals surface area contributed by atoms with Crippen molar-refractivity contribution in [3.05, 3.63) is 70.3 Å². The van der Waals surface area contributed by atoms with E-state index in [4.69, 9.17) is 0 Å². The summed E-state index contributed by atoms with van der Waals surface area (Å²) in [6.07, 6.45) is 3.78. The summed E-state index contributed by atoms with van der Waals surface area (Å²) in [5.41, 5.74) is -1.71. The minimum absolute atomic E-state index is 0.250. The van der Waals surface area contributed by atoms with Gasteiger partial charge in [0, 0.05) is 18.1 Å². The summed E-state index contributed by atoms with van der Waals surface area (Å²) in [7, 11) is 0. The highest BCUT2D eigenvalue weighted by molar-refractivity contribution is 6.24. The molecule has 192 valence electrons. The number of fused-ring (bicyclic) bond motifs is 1. The first-order chi connectivity index (χ1) is 17.7. The number of para-hydroxylation sites is 1. The van der Waals surface area contributed by atoms with E-state index in [9.17, 15) is 34.4 Å². The Hall–Kier alpha value is -4.08. The predicted molar refractivity (Wildman–Crippen MR) is 131 cm³/mol. The number of nitro benzene ring substituents is 1. The van der Waals surface area contributed by atoms with Gasteiger partial charge in [0.05, 0.1) is 28.5 Å². The number of aliphatic carboxylic acids is 1. The second-order valence-corrected chi connectivity index (χ2v) is 10.1. The van der Waals surface area contributed by atoms with Crippen LogP contribution in [-0.4, -0.2) is 44.2 Å². The molecule has 0 spiro atoms. The molecule has 3 amide bonds. The second-order valence-electron chi connectivity index (χ2n) is 10.1. The zero-order valence-corrected chi connectivity index (χ0v) is 20.3. The highest BCUT2D eigenvalue weighted by Crippen LogP contribution is 2.56. The van der Waals surface area contributed by atoms with Crippen molar-refractivity contribution in [3.8, 4) is 0 Å². The minimum Gasteiger partial charge on any atom is -0.479 e. The predicted octanol–water partition coefficient (Wildman–Crippen LogP) is 3.71. The fourth-order valence-corrected chi connectivity index (χ4v) is 6.36. The van der Waals surface area contributed by atoms with Gasteiger partial charge in [-0.15, -0.1) is 0 Å². The lowest BCUT2D eigenvalue weighted by molar-refractivity contribution is -0.385. The van der Waals surface area contributed by atoms with Gasteiger partial charge in [-0.05, 0) is 37.5 Å². The van der Waals surface area contributed by atoms with Gasteiger partial charge in [-0.3, -0.25) is 24.5 Å². The topological polar surface area (TPSA) is 138 Å². The Morgan fingerprint density at radius 3 is 2.30 bits per heavy atom. The van der Waals surface area contributed by atoms with E-state index in [-0.39, 0.29) is 11.3 Å². The number of imide groups is 1. The minimum atomic E-state index is -2.02. The highest BCUT2D eigenvalue weighted by Gasteiger charge is 2.72. The van der Waals surface area contributed by atoms with Crippen molar-refractivity contribution < 1.29 is 29.2 Å². The van der Waals surface area contributed by atoms with Gasteiger partial charge in [0.1, 0.15) is 0 Å². The van der Waals surface area contributed by atoms with Gasteiger partial charge in [0.15, 0.2) is 5.54 Å². The smallest absolute Gasteiger partial charge is 0.330 e. The van der Waals surface area contributed by atoms with Crippen molar-refractivity contribution in [2.75, 3.05) is 4.90 Å². The van der Waals surface area contributed by atoms with Crippen molar-refractivity contribution in [3.63, 3.8) is 0 Å². The summed E-state index contributed by atoms with van der Waals surface area (Å²) in [6, 6.07) is 12.6. The standard InChI is InChI=1S/C27H27N3O7/c1-27(26(34)35)21-20(24(32)28(25(21)33)18-12-6-3-7-13-18)22(17-11-8-14-19(15-17)30(36)37)29(27)23(31)16-9-4-2-5-10-16/h3,6-8,11-16,20-22H,2,4-5,9-10H2,1H3,(H,34,35). The Morgan fingerprint density at radius 2 is 1.68 bits per heavy atom. The third-order valence-corrected chi connectivity index (χ3v) is 8.14. The number of carbonyl (C=O) groups is 4. The van der Waals surface area contributed by atoms with E-state index in [0.717, 1.165) is 24.2 Å². The fraction of sp³-hybridized carbons (Fsp3) is 0.407. The molecule has 0 radical (unpaired) electrons. The number of carboxylic acids is 1. The first kappa shape index (κ1) is 24.6. The molecule has 1 saturated carbocycles. The van der Waals surface area contributed by atoms with E-state index < -0.39 is 57.9 Å². The lowest BCUT2D eigenvalue weighted by Gasteiger charge is -2.40. The molecule has 4 atom stereocenters. The molecule has 5 rings (SSSR count). The molecule has 2 saturated heterocycles. The Morgan fingerprint density at radius 1 is 1.00 bits per heavy atom. The van der Waals surface area contributed by atoms with Crippen LogP contribution in [0, 0.1) is 27.9 Å². The first-order valence-corrected chi connectivity index (χ1v) is 12.4. The summed E-state index contributed by atoms with van der Waals surface area (Å²) in [4.78, 5) is 67.8. The summed E-state index contributed by atoms with van der Waals surface area (Å²) in [6.45, 7) is 1.32. The number of non-ortho nitro benzene ring substituents is 1. The van der Waals surface area contributed by atoms with E-state index in [0.29, 0.717) is 18.5 Å². The van der Waals surface area contributed by atoms with Crippen molar-refractivity contribution in [1.29, 1.82) is 0 Å². The number of benzene rings is 2. The van der Waals surface area contributed by atoms with Crippen molar-refractivity contribution in [2.24, 2.45) is 17.8 Å². The van der Waals surface area contributed by atoms with E-state index in [1.165, 1.54) is 30.0 Å². The number of likely N-dealkylation sites (tertiary alicyclic amines) is 1. The van der Waals surface area contributed by atoms with Crippen LogP contribution in [-0.2, 0) is 19.2 Å². The quantitative estimate of drug-likeness (QED) is 0.371. The van der Waals surface area contributed by atoms with Gasteiger partial charge in [-0.1, -0.05) is 49.6 Å². The van der Waals surface area contributed by atoms with Crippen molar-refractivity contribution >= 4 is 35.1 Å². The van der Waals surface area contributed by atoms with E-state index in [1.54, 1.807) is 36.4 Å². The van der Waals surface area contributed by atoms with Crippen LogP contribution in [0.2, 0.25) is 0 Å². The third kappa shape index (κ3) is 3.70. The molecule has 0 aromatic heterocycles. The Balaban J connectivity index is 1.70. The zero-order valence-electron chi connectivity index (χ0n) is 20.3. The number of nitro groups is 1. The molecule has 1 aliphatic carbocycles. The first-order valence-electron chi connectivity index (χ1n) is 12.4. The molecule has 4 unspecified atom stereocenters. The monoisotopic (exact) mass is 505 g/mol. The Bertz CT molecular complexity index is 1290. The fourth-order valence-electron chi connectivity index (χ4n) is 6.36. The van der Waals surface area contributed by atoms with Crippen LogP contribution in [0.5, 0.6) is 0 Å². The SMILES string of the molecule is CC1(C(=O)O)C2C(=O)N(c3ccccc3)C(=O)C2C(c2cccc([N+](=O)[O-])c2)N1C(=O)C1CCCCC1. The molecule has 10 nitrogen and oxygen atoms in total. The van der Waals surface area contributed by atoms with Crippen LogP contribution >= 0.6 is 0 Å². The molecule has 2 aromatic rings. The number of carbonyl (C=O) groups excluding carboxylic acids is 3. The van der Waals surface area contributed by atoms with Gasteiger partial charge >= 0.3 is 5.97 Å². The zero-order chi connectivity index (χ0) is 26.5. The maximum Gasteiger partial charge on any atom is 0.330 e. The Kier molecular flexibility index (Phi) is 6.05. The molecule has 3 aliphatic rings. The largest absolute Gasteiger partial charge is 0.479 e. The summed E-state index contributed by atoms with van der Waals surface area (Å²) >= 11 is 0. The third-order valence-electron chi connectivity index (χ3n) is 8.14. The van der Waals surface area contributed by atoms with Crippen LogP contribution in [0.25, 0.3) is 0 Å². The van der Waals surface area contributed by atoms with Crippen LogP contribution < -0.4 is 4.90 Å². The van der Waals surface area contributed by atoms with Gasteiger partial charge in [0.2, 0.25) is 17.7 Å². The summed E-state index contributed by atoms with van der Waals surface area (Å²) in [5.74, 6) is -6.14. The molecule has 37 heavy (non-hydrogen) atoms.